The van der Waals surface area contributed by atoms with E-state index in [2.05, 4.69) is 26.8 Å². The quantitative estimate of drug-likeness (QED) is 0.173. The van der Waals surface area contributed by atoms with Crippen LogP contribution in [0.2, 0.25) is 5.02 Å². The Morgan fingerprint density at radius 2 is 1.62 bits per heavy atom. The molecule has 6 nitrogen and oxygen atoms in total. The van der Waals surface area contributed by atoms with Gasteiger partial charge in [0, 0.05) is 28.2 Å². The van der Waals surface area contributed by atoms with Crippen LogP contribution in [-0.4, -0.2) is 28.4 Å². The van der Waals surface area contributed by atoms with E-state index in [0.29, 0.717) is 16.1 Å². The predicted octanol–water partition coefficient (Wildman–Crippen LogP) is 5.29. The van der Waals surface area contributed by atoms with E-state index in [1.165, 1.54) is 16.8 Å². The van der Waals surface area contributed by atoms with Crippen LogP contribution in [0, 0.1) is 6.92 Å². The first kappa shape index (κ1) is 24.0. The largest absolute Gasteiger partial charge is 0.400 e. The average molecular weight is 488 g/mol. The van der Waals surface area contributed by atoms with Crippen molar-refractivity contribution < 1.29 is 5.11 Å². The molecule has 1 aromatic heterocycles. The Morgan fingerprint density at radius 3 is 2.28 bits per heavy atom. The molecule has 0 saturated carbocycles. The maximum absolute atomic E-state index is 11.6. The van der Waals surface area contributed by atoms with Gasteiger partial charge in [0.1, 0.15) is 0 Å². The molecule has 0 atom stereocenters. The van der Waals surface area contributed by atoms with Gasteiger partial charge in [-0.1, -0.05) is 29.8 Å². The maximum atomic E-state index is 11.6. The van der Waals surface area contributed by atoms with Crippen molar-refractivity contribution in [3.8, 4) is 11.1 Å². The highest BCUT2D eigenvalue weighted by Gasteiger charge is 2.08. The van der Waals surface area contributed by atoms with E-state index in [4.69, 9.17) is 16.7 Å². The fourth-order valence-corrected chi connectivity index (χ4v) is 4.58. The standard InChI is InChI=1S/C22H18ClN3O2S2.CH4O/c1-12-8-18-19(25-22(28)21(27)24-18)11-20(12)30-26-14-6-7-16(17(23)10-14)13-4-3-5-15(9-13)29-2;1-2/h3-11,26H,1-2H3,(H,24,27)(H,25,28);2H,1H3. The number of aromatic nitrogens is 2. The highest BCUT2D eigenvalue weighted by atomic mass is 35.5. The number of aliphatic hydroxyl groups is 1. The van der Waals surface area contributed by atoms with E-state index in [1.54, 1.807) is 11.8 Å². The van der Waals surface area contributed by atoms with Crippen LogP contribution in [0.4, 0.5) is 5.69 Å². The zero-order valence-electron chi connectivity index (χ0n) is 17.7. The van der Waals surface area contributed by atoms with Gasteiger partial charge in [0.2, 0.25) is 0 Å². The molecule has 0 bridgehead atoms. The van der Waals surface area contributed by atoms with Gasteiger partial charge in [-0.15, -0.1) is 11.8 Å². The minimum absolute atomic E-state index is 0.580. The maximum Gasteiger partial charge on any atom is 0.314 e. The molecular formula is C23H22ClN3O3S2. The number of nitrogens with one attached hydrogen (secondary N) is 3. The van der Waals surface area contributed by atoms with Crippen LogP contribution in [0.15, 0.2) is 74.0 Å². The average Bonchev–Trinajstić information content (AvgIpc) is 2.80. The van der Waals surface area contributed by atoms with Crippen molar-refractivity contribution >= 4 is 52.0 Å². The Kier molecular flexibility index (Phi) is 8.09. The molecule has 3 aromatic carbocycles. The molecule has 0 amide bonds. The number of H-pyrrole nitrogens is 2. The van der Waals surface area contributed by atoms with Crippen LogP contribution in [-0.2, 0) is 0 Å². The van der Waals surface area contributed by atoms with Gasteiger partial charge in [-0.25, -0.2) is 0 Å². The Balaban J connectivity index is 0.00000141. The molecule has 0 radical (unpaired) electrons. The summed E-state index contributed by atoms with van der Waals surface area (Å²) < 4.78 is 3.30. The SMILES string of the molecule is CO.CSc1cccc(-c2ccc(NSc3cc4[nH]c(=O)c(=O)[nH]c4cc3C)cc2Cl)c1. The van der Waals surface area contributed by atoms with Crippen LogP contribution < -0.4 is 15.8 Å². The fourth-order valence-electron chi connectivity index (χ4n) is 3.08. The topological polar surface area (TPSA) is 98.0 Å². The summed E-state index contributed by atoms with van der Waals surface area (Å²) in [4.78, 5) is 30.4. The predicted molar refractivity (Wildman–Crippen MR) is 136 cm³/mol. The molecule has 0 spiro atoms. The molecule has 166 valence electrons. The molecule has 4 aromatic rings. The molecule has 0 aliphatic heterocycles. The zero-order valence-corrected chi connectivity index (χ0v) is 20.0. The second kappa shape index (κ2) is 10.8. The summed E-state index contributed by atoms with van der Waals surface area (Å²) in [6.07, 6.45) is 2.05. The molecule has 0 aliphatic rings. The number of hydrogen-bond acceptors (Lipinski definition) is 6. The summed E-state index contributed by atoms with van der Waals surface area (Å²) in [7, 11) is 1.00. The van der Waals surface area contributed by atoms with Crippen molar-refractivity contribution in [1.82, 2.24) is 9.97 Å². The van der Waals surface area contributed by atoms with Gasteiger partial charge < -0.3 is 19.8 Å². The third-order valence-corrected chi connectivity index (χ3v) is 6.68. The third-order valence-electron chi connectivity index (χ3n) is 4.65. The fraction of sp³-hybridized carbons (Fsp3) is 0.130. The van der Waals surface area contributed by atoms with E-state index in [1.807, 2.05) is 55.6 Å². The number of anilines is 1. The van der Waals surface area contributed by atoms with E-state index >= 15 is 0 Å². The molecule has 0 unspecified atom stereocenters. The van der Waals surface area contributed by atoms with E-state index in [0.717, 1.165) is 34.4 Å². The lowest BCUT2D eigenvalue weighted by Gasteiger charge is -2.12. The summed E-state index contributed by atoms with van der Waals surface area (Å²) in [6, 6.07) is 17.8. The van der Waals surface area contributed by atoms with E-state index < -0.39 is 11.1 Å². The summed E-state index contributed by atoms with van der Waals surface area (Å²) in [5.41, 5.74) is 3.75. The van der Waals surface area contributed by atoms with Gasteiger partial charge in [0.15, 0.2) is 0 Å². The Morgan fingerprint density at radius 1 is 0.938 bits per heavy atom. The number of benzene rings is 3. The van der Waals surface area contributed by atoms with Crippen molar-refractivity contribution in [3.63, 3.8) is 0 Å². The summed E-state index contributed by atoms with van der Waals surface area (Å²) in [5, 5.41) is 7.66. The second-order valence-corrected chi connectivity index (χ2v) is 8.84. The minimum atomic E-state index is -0.664. The van der Waals surface area contributed by atoms with Crippen LogP contribution in [0.1, 0.15) is 5.56 Å². The summed E-state index contributed by atoms with van der Waals surface area (Å²) in [5.74, 6) is 0. The van der Waals surface area contributed by atoms with E-state index in [9.17, 15) is 9.59 Å². The van der Waals surface area contributed by atoms with Gasteiger partial charge in [-0.2, -0.15) is 0 Å². The first-order valence-corrected chi connectivity index (χ1v) is 11.9. The number of aryl methyl sites for hydroxylation is 1. The summed E-state index contributed by atoms with van der Waals surface area (Å²) in [6.45, 7) is 1.95. The smallest absolute Gasteiger partial charge is 0.314 e. The molecule has 32 heavy (non-hydrogen) atoms. The number of aliphatic hydroxyl groups excluding tert-OH is 1. The van der Waals surface area contributed by atoms with Crippen molar-refractivity contribution in [2.24, 2.45) is 0 Å². The Bertz CT molecular complexity index is 1370. The molecule has 1 heterocycles. The molecule has 0 aliphatic carbocycles. The lowest BCUT2D eigenvalue weighted by molar-refractivity contribution is 0.399. The molecular weight excluding hydrogens is 466 g/mol. The monoisotopic (exact) mass is 487 g/mol. The van der Waals surface area contributed by atoms with Crippen molar-refractivity contribution in [3.05, 3.63) is 85.9 Å². The number of rotatable bonds is 5. The van der Waals surface area contributed by atoms with Crippen molar-refractivity contribution in [2.75, 3.05) is 18.1 Å². The number of aromatic amines is 2. The van der Waals surface area contributed by atoms with Crippen LogP contribution in [0.3, 0.4) is 0 Å². The van der Waals surface area contributed by atoms with Crippen molar-refractivity contribution in [2.45, 2.75) is 16.7 Å². The van der Waals surface area contributed by atoms with Crippen molar-refractivity contribution in [1.29, 1.82) is 0 Å². The molecule has 4 N–H and O–H groups in total. The lowest BCUT2D eigenvalue weighted by atomic mass is 10.1. The third kappa shape index (κ3) is 5.39. The first-order valence-electron chi connectivity index (χ1n) is 9.53. The molecule has 0 fully saturated rings. The van der Waals surface area contributed by atoms with Gasteiger partial charge in [0.25, 0.3) is 0 Å². The second-order valence-electron chi connectivity index (χ2n) is 6.70. The number of fused-ring (bicyclic) bond motifs is 1. The Labute approximate surface area is 198 Å². The van der Waals surface area contributed by atoms with Gasteiger partial charge in [-0.3, -0.25) is 9.59 Å². The Hall–Kier alpha value is -2.65. The van der Waals surface area contributed by atoms with Gasteiger partial charge in [0.05, 0.1) is 16.1 Å². The van der Waals surface area contributed by atoms with Crippen LogP contribution in [0.25, 0.3) is 22.2 Å². The van der Waals surface area contributed by atoms with Crippen LogP contribution >= 0.6 is 35.3 Å². The number of thioether (sulfide) groups is 1. The minimum Gasteiger partial charge on any atom is -0.400 e. The molecule has 4 rings (SSSR count). The highest BCUT2D eigenvalue weighted by Crippen LogP contribution is 2.34. The van der Waals surface area contributed by atoms with E-state index in [-0.39, 0.29) is 0 Å². The number of hydrogen-bond donors (Lipinski definition) is 4. The van der Waals surface area contributed by atoms with Gasteiger partial charge in [-0.05, 0) is 72.7 Å². The normalized spacial score (nSPS) is 10.5. The lowest BCUT2D eigenvalue weighted by Crippen LogP contribution is -2.28. The molecule has 9 heteroatoms. The molecule has 0 saturated heterocycles. The zero-order chi connectivity index (χ0) is 23.3. The first-order chi connectivity index (χ1) is 15.4. The van der Waals surface area contributed by atoms with Gasteiger partial charge >= 0.3 is 11.1 Å². The summed E-state index contributed by atoms with van der Waals surface area (Å²) >= 11 is 9.66. The van der Waals surface area contributed by atoms with Crippen LogP contribution in [0.5, 0.6) is 0 Å². The number of halogens is 1. The highest BCUT2D eigenvalue weighted by molar-refractivity contribution is 8.00.